The second-order valence-corrected chi connectivity index (χ2v) is 5.01. The fourth-order valence-corrected chi connectivity index (χ4v) is 2.21. The second-order valence-electron chi connectivity index (χ2n) is 3.05. The molecule has 13 heavy (non-hydrogen) atoms. The van der Waals surface area contributed by atoms with E-state index in [1.165, 1.54) is 0 Å². The minimum Gasteiger partial charge on any atom is -0.309 e. The topological polar surface area (TPSA) is 75.3 Å². The molecule has 0 radical (unpaired) electrons. The van der Waals surface area contributed by atoms with Crippen LogP contribution < -0.4 is 10.0 Å². The van der Waals surface area contributed by atoms with Gasteiger partial charge in [-0.05, 0) is 19.4 Å². The molecule has 2 N–H and O–H groups in total. The fraction of sp³-hybridized carbons (Fsp3) is 0.857. The van der Waals surface area contributed by atoms with E-state index in [9.17, 15) is 13.2 Å². The quantitative estimate of drug-likeness (QED) is 0.618. The number of rotatable bonds is 5. The van der Waals surface area contributed by atoms with Gasteiger partial charge in [0.2, 0.25) is 15.9 Å². The van der Waals surface area contributed by atoms with Gasteiger partial charge in [0.1, 0.15) is 0 Å². The normalized spacial score (nSPS) is 17.0. The molecule has 0 spiro atoms. The molecule has 0 atom stereocenters. The highest BCUT2D eigenvalue weighted by atomic mass is 32.2. The molecule has 0 heterocycles. The van der Waals surface area contributed by atoms with Gasteiger partial charge in [0.05, 0.1) is 11.8 Å². The van der Waals surface area contributed by atoms with E-state index in [1.807, 2.05) is 11.6 Å². The van der Waals surface area contributed by atoms with Gasteiger partial charge in [0, 0.05) is 0 Å². The minimum absolute atomic E-state index is 0.0580. The summed E-state index contributed by atoms with van der Waals surface area (Å²) < 4.78 is 24.4. The Balaban J connectivity index is 2.34. The number of carbonyl (C=O) groups is 1. The number of nitrogens with one attached hydrogen (secondary N) is 2. The van der Waals surface area contributed by atoms with Gasteiger partial charge in [-0.3, -0.25) is 9.52 Å². The van der Waals surface area contributed by atoms with Gasteiger partial charge >= 0.3 is 0 Å². The van der Waals surface area contributed by atoms with Crippen molar-refractivity contribution in [2.24, 2.45) is 0 Å². The third kappa shape index (κ3) is 3.31. The minimum atomic E-state index is -3.36. The maximum absolute atomic E-state index is 11.2. The zero-order valence-electron chi connectivity index (χ0n) is 7.54. The summed E-state index contributed by atoms with van der Waals surface area (Å²) in [6.45, 7) is 2.56. The molecule has 0 aromatic rings. The van der Waals surface area contributed by atoms with Crippen molar-refractivity contribution in [2.75, 3.05) is 13.1 Å². The molecule has 76 valence electrons. The standard InChI is InChI=1S/C7H14N2O3S/c1-2-8-5-7(10)9-13(11,12)6-3-4-6/h6,8H,2-5H2,1H3,(H,9,10). The van der Waals surface area contributed by atoms with Gasteiger partial charge in [-0.1, -0.05) is 6.92 Å². The first-order chi connectivity index (χ1) is 6.06. The van der Waals surface area contributed by atoms with Gasteiger partial charge in [-0.15, -0.1) is 0 Å². The first kappa shape index (κ1) is 10.5. The lowest BCUT2D eigenvalue weighted by Gasteiger charge is -2.04. The molecule has 1 rings (SSSR count). The van der Waals surface area contributed by atoms with Crippen molar-refractivity contribution in [1.29, 1.82) is 0 Å². The van der Waals surface area contributed by atoms with E-state index in [4.69, 9.17) is 0 Å². The highest BCUT2D eigenvalue weighted by Crippen LogP contribution is 2.27. The molecule has 5 nitrogen and oxygen atoms in total. The van der Waals surface area contributed by atoms with Crippen LogP contribution in [0.5, 0.6) is 0 Å². The predicted molar refractivity (Wildman–Crippen MR) is 48.6 cm³/mol. The lowest BCUT2D eigenvalue weighted by Crippen LogP contribution is -2.39. The van der Waals surface area contributed by atoms with Crippen molar-refractivity contribution in [3.63, 3.8) is 0 Å². The Morgan fingerprint density at radius 2 is 2.08 bits per heavy atom. The van der Waals surface area contributed by atoms with Crippen LogP contribution in [0.25, 0.3) is 0 Å². The van der Waals surface area contributed by atoms with Crippen LogP contribution in [0.3, 0.4) is 0 Å². The van der Waals surface area contributed by atoms with Gasteiger partial charge < -0.3 is 5.32 Å². The van der Waals surface area contributed by atoms with Crippen LogP contribution in [0.4, 0.5) is 0 Å². The Bertz CT molecular complexity index is 282. The van der Waals surface area contributed by atoms with Gasteiger partial charge in [-0.2, -0.15) is 0 Å². The van der Waals surface area contributed by atoms with E-state index < -0.39 is 15.9 Å². The van der Waals surface area contributed by atoms with Gasteiger partial charge in [0.25, 0.3) is 0 Å². The van der Waals surface area contributed by atoms with Gasteiger partial charge in [-0.25, -0.2) is 8.42 Å². The van der Waals surface area contributed by atoms with E-state index in [1.54, 1.807) is 0 Å². The summed E-state index contributed by atoms with van der Waals surface area (Å²) in [4.78, 5) is 11.0. The third-order valence-corrected chi connectivity index (χ3v) is 3.62. The number of hydrogen-bond donors (Lipinski definition) is 2. The second kappa shape index (κ2) is 4.06. The van der Waals surface area contributed by atoms with E-state index in [-0.39, 0.29) is 11.8 Å². The lowest BCUT2D eigenvalue weighted by atomic mass is 10.6. The number of amides is 1. The summed E-state index contributed by atoms with van der Waals surface area (Å²) in [5.41, 5.74) is 0. The van der Waals surface area contributed by atoms with Crippen LogP contribution in [-0.2, 0) is 14.8 Å². The molecule has 1 aliphatic rings. The Morgan fingerprint density at radius 1 is 1.46 bits per heavy atom. The molecule has 6 heteroatoms. The highest BCUT2D eigenvalue weighted by molar-refractivity contribution is 7.90. The predicted octanol–water partition coefficient (Wildman–Crippen LogP) is -0.796. The highest BCUT2D eigenvalue weighted by Gasteiger charge is 2.36. The fourth-order valence-electron chi connectivity index (χ4n) is 0.895. The zero-order chi connectivity index (χ0) is 9.90. The third-order valence-electron chi connectivity index (χ3n) is 1.75. The molecule has 1 saturated carbocycles. The van der Waals surface area contributed by atoms with Crippen LogP contribution >= 0.6 is 0 Å². The van der Waals surface area contributed by atoms with Crippen LogP contribution in [0.1, 0.15) is 19.8 Å². The molecular formula is C7H14N2O3S. The smallest absolute Gasteiger partial charge is 0.247 e. The summed E-state index contributed by atoms with van der Waals surface area (Å²) in [6, 6.07) is 0. The summed E-state index contributed by atoms with van der Waals surface area (Å²) in [7, 11) is -3.36. The maximum atomic E-state index is 11.2. The van der Waals surface area contributed by atoms with E-state index in [0.29, 0.717) is 19.4 Å². The average molecular weight is 206 g/mol. The van der Waals surface area contributed by atoms with Gasteiger partial charge in [0.15, 0.2) is 0 Å². The Hall–Kier alpha value is -0.620. The van der Waals surface area contributed by atoms with Crippen molar-refractivity contribution >= 4 is 15.9 Å². The number of likely N-dealkylation sites (N-methyl/N-ethyl adjacent to an activating group) is 1. The van der Waals surface area contributed by atoms with Crippen molar-refractivity contribution in [1.82, 2.24) is 10.0 Å². The molecular weight excluding hydrogens is 192 g/mol. The molecule has 0 unspecified atom stereocenters. The Morgan fingerprint density at radius 3 is 2.54 bits per heavy atom. The zero-order valence-corrected chi connectivity index (χ0v) is 8.36. The van der Waals surface area contributed by atoms with Crippen molar-refractivity contribution in [3.8, 4) is 0 Å². The van der Waals surface area contributed by atoms with Crippen LogP contribution in [0, 0.1) is 0 Å². The molecule has 1 amide bonds. The van der Waals surface area contributed by atoms with Crippen LogP contribution in [-0.4, -0.2) is 32.7 Å². The largest absolute Gasteiger partial charge is 0.309 e. The van der Waals surface area contributed by atoms with E-state index in [2.05, 4.69) is 5.32 Å². The molecule has 0 bridgehead atoms. The average Bonchev–Trinajstić information content (AvgIpc) is 2.81. The summed E-state index contributed by atoms with van der Waals surface area (Å²) in [5, 5.41) is 2.42. The summed E-state index contributed by atoms with van der Waals surface area (Å²) in [5.74, 6) is -0.478. The lowest BCUT2D eigenvalue weighted by molar-refractivity contribution is -0.118. The van der Waals surface area contributed by atoms with E-state index in [0.717, 1.165) is 0 Å². The SMILES string of the molecule is CCNCC(=O)NS(=O)(=O)C1CC1. The number of hydrogen-bond acceptors (Lipinski definition) is 4. The Labute approximate surface area is 77.9 Å². The summed E-state index contributed by atoms with van der Waals surface area (Å²) >= 11 is 0. The van der Waals surface area contributed by atoms with E-state index >= 15 is 0 Å². The van der Waals surface area contributed by atoms with Crippen molar-refractivity contribution in [3.05, 3.63) is 0 Å². The first-order valence-corrected chi connectivity index (χ1v) is 5.86. The van der Waals surface area contributed by atoms with Crippen LogP contribution in [0.2, 0.25) is 0 Å². The molecule has 1 aliphatic carbocycles. The Kier molecular flexibility index (Phi) is 3.27. The molecule has 0 saturated heterocycles. The first-order valence-electron chi connectivity index (χ1n) is 4.31. The maximum Gasteiger partial charge on any atom is 0.247 e. The monoisotopic (exact) mass is 206 g/mol. The number of carbonyl (C=O) groups excluding carboxylic acids is 1. The van der Waals surface area contributed by atoms with Crippen LogP contribution in [0.15, 0.2) is 0 Å². The summed E-state index contributed by atoms with van der Waals surface area (Å²) in [6.07, 6.45) is 1.34. The molecule has 0 aromatic heterocycles. The molecule has 0 aromatic carbocycles. The molecule has 1 fully saturated rings. The van der Waals surface area contributed by atoms with Crippen molar-refractivity contribution < 1.29 is 13.2 Å². The number of sulfonamides is 1. The molecule has 0 aliphatic heterocycles. The van der Waals surface area contributed by atoms with Crippen molar-refractivity contribution in [2.45, 2.75) is 25.0 Å².